The maximum absolute atomic E-state index is 12.4. The largest absolute Gasteiger partial charge is 0.464 e. The second kappa shape index (κ2) is 6.17. The molecule has 118 valence electrons. The molecule has 0 aliphatic carbocycles. The third kappa shape index (κ3) is 3.44. The number of ether oxygens (including phenoxy) is 2. The van der Waals surface area contributed by atoms with E-state index in [2.05, 4.69) is 10.5 Å². The fraction of sp³-hybridized carbons (Fsp3) is 0.438. The van der Waals surface area contributed by atoms with Crippen LogP contribution in [-0.4, -0.2) is 36.4 Å². The van der Waals surface area contributed by atoms with E-state index < -0.39 is 29.5 Å². The zero-order valence-electron chi connectivity index (χ0n) is 13.1. The number of esters is 2. The molecule has 0 unspecified atom stereocenters. The van der Waals surface area contributed by atoms with Gasteiger partial charge in [0, 0.05) is 0 Å². The van der Waals surface area contributed by atoms with Crippen molar-refractivity contribution >= 4 is 17.7 Å². The molecule has 0 saturated heterocycles. The van der Waals surface area contributed by atoms with Crippen LogP contribution in [-0.2, 0) is 19.1 Å². The molecule has 1 aromatic rings. The molecule has 1 N–H and O–H groups in total. The Kier molecular flexibility index (Phi) is 4.49. The first-order valence-electron chi connectivity index (χ1n) is 7.02. The maximum atomic E-state index is 12.4. The summed E-state index contributed by atoms with van der Waals surface area (Å²) in [6.45, 7) is 5.37. The molecule has 2 atom stereocenters. The second-order valence-corrected chi connectivity index (χ2v) is 6.02. The Morgan fingerprint density at radius 3 is 2.36 bits per heavy atom. The number of nitrogens with zero attached hydrogens (tertiary/aromatic N) is 1. The monoisotopic (exact) mass is 304 g/mol. The summed E-state index contributed by atoms with van der Waals surface area (Å²) in [5, 5.41) is 3.99. The topological polar surface area (TPSA) is 77.0 Å². The third-order valence-electron chi connectivity index (χ3n) is 3.17. The molecule has 1 aliphatic rings. The molecule has 1 heterocycles. The van der Waals surface area contributed by atoms with Gasteiger partial charge in [-0.25, -0.2) is 9.59 Å². The van der Waals surface area contributed by atoms with Gasteiger partial charge in [0.1, 0.15) is 5.60 Å². The Labute approximate surface area is 129 Å². The van der Waals surface area contributed by atoms with E-state index in [1.165, 1.54) is 7.11 Å². The van der Waals surface area contributed by atoms with Crippen molar-refractivity contribution in [3.63, 3.8) is 0 Å². The van der Waals surface area contributed by atoms with Crippen molar-refractivity contribution in [1.29, 1.82) is 0 Å². The smallest absolute Gasteiger partial charge is 0.354 e. The quantitative estimate of drug-likeness (QED) is 0.859. The Bertz CT molecular complexity index is 590. The molecule has 22 heavy (non-hydrogen) atoms. The van der Waals surface area contributed by atoms with Crippen LogP contribution in [0.5, 0.6) is 0 Å². The van der Waals surface area contributed by atoms with Gasteiger partial charge in [-0.3, -0.25) is 5.43 Å². The lowest BCUT2D eigenvalue weighted by atomic mass is 9.88. The molecule has 1 aromatic carbocycles. The van der Waals surface area contributed by atoms with Crippen LogP contribution in [0.2, 0.25) is 0 Å². The van der Waals surface area contributed by atoms with E-state index in [1.54, 1.807) is 20.8 Å². The van der Waals surface area contributed by atoms with Crippen molar-refractivity contribution in [2.24, 2.45) is 5.10 Å². The van der Waals surface area contributed by atoms with Gasteiger partial charge in [-0.15, -0.1) is 0 Å². The normalized spacial score (nSPS) is 20.8. The summed E-state index contributed by atoms with van der Waals surface area (Å²) in [6.07, 6.45) is 0. The van der Waals surface area contributed by atoms with Crippen LogP contribution < -0.4 is 5.43 Å². The van der Waals surface area contributed by atoms with E-state index in [-0.39, 0.29) is 5.71 Å². The van der Waals surface area contributed by atoms with E-state index in [9.17, 15) is 9.59 Å². The number of rotatable bonds is 3. The van der Waals surface area contributed by atoms with E-state index >= 15 is 0 Å². The standard InChI is InChI=1S/C16H20N2O4/c1-16(2,3)22-15(20)13-11(10-8-6-5-7-9-10)12(17-18-13)14(19)21-4/h5-9,11,13,18H,1-4H3/t11-,13-/m1/s1. The number of carbonyl (C=O) groups is 2. The number of hydrogen-bond donors (Lipinski definition) is 1. The van der Waals surface area contributed by atoms with Crippen molar-refractivity contribution < 1.29 is 19.1 Å². The van der Waals surface area contributed by atoms with Gasteiger partial charge in [0.25, 0.3) is 0 Å². The highest BCUT2D eigenvalue weighted by molar-refractivity contribution is 6.39. The first-order valence-corrected chi connectivity index (χ1v) is 7.02. The fourth-order valence-corrected chi connectivity index (χ4v) is 2.28. The van der Waals surface area contributed by atoms with Crippen LogP contribution >= 0.6 is 0 Å². The molecular formula is C16H20N2O4. The predicted octanol–water partition coefficient (Wildman–Crippen LogP) is 1.61. The summed E-state index contributed by atoms with van der Waals surface area (Å²) < 4.78 is 10.2. The van der Waals surface area contributed by atoms with E-state index in [0.717, 1.165) is 5.56 Å². The molecule has 2 rings (SSSR count). The van der Waals surface area contributed by atoms with Gasteiger partial charge in [-0.1, -0.05) is 30.3 Å². The lowest BCUT2D eigenvalue weighted by molar-refractivity contribution is -0.157. The molecule has 0 saturated carbocycles. The van der Waals surface area contributed by atoms with Crippen LogP contribution in [0.1, 0.15) is 32.3 Å². The highest BCUT2D eigenvalue weighted by Crippen LogP contribution is 2.28. The molecule has 6 nitrogen and oxygen atoms in total. The first kappa shape index (κ1) is 16.0. The minimum Gasteiger partial charge on any atom is -0.464 e. The Morgan fingerprint density at radius 1 is 1.18 bits per heavy atom. The molecule has 1 aliphatic heterocycles. The number of hydrazone groups is 1. The summed E-state index contributed by atoms with van der Waals surface area (Å²) in [6, 6.07) is 8.48. The molecule has 0 amide bonds. The van der Waals surface area contributed by atoms with Gasteiger partial charge in [0.05, 0.1) is 13.0 Å². The summed E-state index contributed by atoms with van der Waals surface area (Å²) in [4.78, 5) is 24.3. The van der Waals surface area contributed by atoms with Crippen LogP contribution in [0.25, 0.3) is 0 Å². The average Bonchev–Trinajstić information content (AvgIpc) is 2.90. The number of carbonyl (C=O) groups excluding carboxylic acids is 2. The summed E-state index contributed by atoms with van der Waals surface area (Å²) in [7, 11) is 1.29. The van der Waals surface area contributed by atoms with E-state index in [0.29, 0.717) is 0 Å². The molecule has 0 radical (unpaired) electrons. The van der Waals surface area contributed by atoms with Crippen molar-refractivity contribution in [2.45, 2.75) is 38.3 Å². The highest BCUT2D eigenvalue weighted by Gasteiger charge is 2.43. The minimum atomic E-state index is -0.754. The lowest BCUT2D eigenvalue weighted by Gasteiger charge is -2.25. The van der Waals surface area contributed by atoms with Gasteiger partial charge < -0.3 is 9.47 Å². The van der Waals surface area contributed by atoms with Gasteiger partial charge in [0.2, 0.25) is 0 Å². The molecule has 0 spiro atoms. The van der Waals surface area contributed by atoms with Crippen molar-refractivity contribution in [1.82, 2.24) is 5.43 Å². The van der Waals surface area contributed by atoms with Crippen LogP contribution in [0.15, 0.2) is 35.4 Å². The van der Waals surface area contributed by atoms with Crippen LogP contribution in [0, 0.1) is 0 Å². The van der Waals surface area contributed by atoms with Gasteiger partial charge in [-0.2, -0.15) is 5.10 Å². The molecule has 0 aromatic heterocycles. The number of nitrogens with one attached hydrogen (secondary N) is 1. The summed E-state index contributed by atoms with van der Waals surface area (Å²) >= 11 is 0. The summed E-state index contributed by atoms with van der Waals surface area (Å²) in [5.74, 6) is -1.56. The van der Waals surface area contributed by atoms with Gasteiger partial charge in [0.15, 0.2) is 11.8 Å². The zero-order valence-corrected chi connectivity index (χ0v) is 13.1. The average molecular weight is 304 g/mol. The van der Waals surface area contributed by atoms with E-state index in [1.807, 2.05) is 30.3 Å². The number of benzene rings is 1. The van der Waals surface area contributed by atoms with Crippen molar-refractivity contribution in [2.75, 3.05) is 7.11 Å². The molecular weight excluding hydrogens is 284 g/mol. The summed E-state index contributed by atoms with van der Waals surface area (Å²) in [5.41, 5.74) is 3.06. The fourth-order valence-electron chi connectivity index (χ4n) is 2.28. The maximum Gasteiger partial charge on any atom is 0.354 e. The lowest BCUT2D eigenvalue weighted by Crippen LogP contribution is -2.41. The predicted molar refractivity (Wildman–Crippen MR) is 81.4 cm³/mol. The van der Waals surface area contributed by atoms with Crippen molar-refractivity contribution in [3.8, 4) is 0 Å². The van der Waals surface area contributed by atoms with Crippen molar-refractivity contribution in [3.05, 3.63) is 35.9 Å². The second-order valence-electron chi connectivity index (χ2n) is 6.02. The molecule has 6 heteroatoms. The zero-order chi connectivity index (χ0) is 16.3. The Balaban J connectivity index is 2.32. The SMILES string of the molecule is COC(=O)C1=NN[C@@H](C(=O)OC(C)(C)C)[C@@H]1c1ccccc1. The molecule has 0 bridgehead atoms. The Hall–Kier alpha value is -2.37. The molecule has 0 fully saturated rings. The third-order valence-corrected chi connectivity index (χ3v) is 3.17. The Morgan fingerprint density at radius 2 is 1.82 bits per heavy atom. The van der Waals surface area contributed by atoms with Gasteiger partial charge in [-0.05, 0) is 26.3 Å². The van der Waals surface area contributed by atoms with Gasteiger partial charge >= 0.3 is 11.9 Å². The van der Waals surface area contributed by atoms with E-state index in [4.69, 9.17) is 9.47 Å². The minimum absolute atomic E-state index is 0.171. The first-order chi connectivity index (χ1) is 10.3. The van der Waals surface area contributed by atoms with Crippen LogP contribution in [0.3, 0.4) is 0 Å². The highest BCUT2D eigenvalue weighted by atomic mass is 16.6. The number of hydrogen-bond acceptors (Lipinski definition) is 6. The number of methoxy groups -OCH3 is 1. The van der Waals surface area contributed by atoms with Crippen LogP contribution in [0.4, 0.5) is 0 Å².